The summed E-state index contributed by atoms with van der Waals surface area (Å²) in [5, 5.41) is 4.04. The first-order valence-electron chi connectivity index (χ1n) is 8.48. The second-order valence-corrected chi connectivity index (χ2v) is 6.41. The number of ether oxygens (including phenoxy) is 1. The van der Waals surface area contributed by atoms with E-state index in [1.165, 1.54) is 4.90 Å². The number of amides is 2. The molecule has 6 nitrogen and oxygen atoms in total. The highest BCUT2D eigenvalue weighted by Gasteiger charge is 2.37. The van der Waals surface area contributed by atoms with Crippen LogP contribution in [0.25, 0.3) is 0 Å². The summed E-state index contributed by atoms with van der Waals surface area (Å²) in [6, 6.07) is 14.6. The van der Waals surface area contributed by atoms with Crippen molar-refractivity contribution < 1.29 is 19.2 Å². The van der Waals surface area contributed by atoms with E-state index < -0.39 is 0 Å². The van der Waals surface area contributed by atoms with Crippen LogP contribution in [0, 0.1) is 6.92 Å². The van der Waals surface area contributed by atoms with E-state index in [4.69, 9.17) is 9.57 Å². The van der Waals surface area contributed by atoms with Crippen molar-refractivity contribution in [1.82, 2.24) is 4.90 Å². The number of hydrogen-bond acceptors (Lipinski definition) is 5. The summed E-state index contributed by atoms with van der Waals surface area (Å²) in [6.07, 6.45) is 0.305. The third-order valence-corrected chi connectivity index (χ3v) is 4.53. The van der Waals surface area contributed by atoms with Gasteiger partial charge in [0.05, 0.1) is 23.4 Å². The summed E-state index contributed by atoms with van der Waals surface area (Å²) >= 11 is 0. The van der Waals surface area contributed by atoms with Gasteiger partial charge in [-0.05, 0) is 30.7 Å². The van der Waals surface area contributed by atoms with Gasteiger partial charge in [-0.25, -0.2) is 0 Å². The number of fused-ring (bicyclic) bond motifs is 1. The first-order valence-corrected chi connectivity index (χ1v) is 8.48. The quantitative estimate of drug-likeness (QED) is 0.778. The fourth-order valence-corrected chi connectivity index (χ4v) is 3.14. The van der Waals surface area contributed by atoms with Crippen molar-refractivity contribution in [2.24, 2.45) is 5.16 Å². The molecule has 0 aromatic heterocycles. The Morgan fingerprint density at radius 2 is 1.73 bits per heavy atom. The fourth-order valence-electron chi connectivity index (χ4n) is 3.14. The molecule has 2 aliphatic rings. The fraction of sp³-hybridized carbons (Fsp3) is 0.250. The summed E-state index contributed by atoms with van der Waals surface area (Å²) < 4.78 is 5.79. The van der Waals surface area contributed by atoms with Crippen LogP contribution < -0.4 is 4.74 Å². The maximum Gasteiger partial charge on any atom is 0.261 e. The van der Waals surface area contributed by atoms with E-state index >= 15 is 0 Å². The molecule has 1 unspecified atom stereocenters. The van der Waals surface area contributed by atoms with Crippen LogP contribution in [-0.4, -0.2) is 41.7 Å². The van der Waals surface area contributed by atoms with Gasteiger partial charge >= 0.3 is 0 Å². The Morgan fingerprint density at radius 1 is 1.08 bits per heavy atom. The van der Waals surface area contributed by atoms with Gasteiger partial charge in [-0.2, -0.15) is 0 Å². The van der Waals surface area contributed by atoms with Crippen LogP contribution in [0.2, 0.25) is 0 Å². The van der Waals surface area contributed by atoms with Gasteiger partial charge in [0, 0.05) is 6.42 Å². The van der Waals surface area contributed by atoms with Crippen molar-refractivity contribution in [3.8, 4) is 5.75 Å². The molecular formula is C20H18N2O4. The second kappa shape index (κ2) is 6.63. The SMILES string of the molecule is Cc1ccccc1OCC1CC(CN2C(=O)c3ccccc3C2=O)=NO1. The molecule has 0 fully saturated rings. The van der Waals surface area contributed by atoms with Gasteiger partial charge in [0.15, 0.2) is 6.10 Å². The smallest absolute Gasteiger partial charge is 0.261 e. The third kappa shape index (κ3) is 2.94. The molecule has 0 radical (unpaired) electrons. The van der Waals surface area contributed by atoms with Crippen molar-refractivity contribution in [3.05, 3.63) is 65.2 Å². The average Bonchev–Trinajstić information content (AvgIpc) is 3.20. The molecule has 0 spiro atoms. The number of carbonyl (C=O) groups is 2. The maximum atomic E-state index is 12.4. The van der Waals surface area contributed by atoms with Crippen LogP contribution in [-0.2, 0) is 4.84 Å². The monoisotopic (exact) mass is 350 g/mol. The number of aryl methyl sites for hydroxylation is 1. The van der Waals surface area contributed by atoms with Crippen LogP contribution in [0.1, 0.15) is 32.7 Å². The Bertz CT molecular complexity index is 871. The minimum Gasteiger partial charge on any atom is -0.489 e. The molecule has 2 amide bonds. The normalized spacial score (nSPS) is 18.6. The van der Waals surface area contributed by atoms with Crippen molar-refractivity contribution in [3.63, 3.8) is 0 Å². The van der Waals surface area contributed by atoms with Gasteiger partial charge in [0.25, 0.3) is 11.8 Å². The molecule has 0 saturated carbocycles. The van der Waals surface area contributed by atoms with Crippen LogP contribution in [0.15, 0.2) is 53.7 Å². The van der Waals surface area contributed by atoms with Crippen LogP contribution in [0.3, 0.4) is 0 Å². The Hall–Kier alpha value is -3.15. The average molecular weight is 350 g/mol. The van der Waals surface area contributed by atoms with Crippen LogP contribution in [0.5, 0.6) is 5.75 Å². The molecule has 6 heteroatoms. The van der Waals surface area contributed by atoms with Gasteiger partial charge in [-0.3, -0.25) is 14.5 Å². The second-order valence-electron chi connectivity index (χ2n) is 6.41. The third-order valence-electron chi connectivity index (χ3n) is 4.53. The van der Waals surface area contributed by atoms with Gasteiger partial charge in [0.2, 0.25) is 0 Å². The summed E-state index contributed by atoms with van der Waals surface area (Å²) in [5.74, 6) is 0.241. The lowest BCUT2D eigenvalue weighted by atomic mass is 10.1. The molecule has 4 rings (SSSR count). The maximum absolute atomic E-state index is 12.4. The molecule has 2 aromatic carbocycles. The Labute approximate surface area is 151 Å². The summed E-state index contributed by atoms with van der Waals surface area (Å²) in [5.41, 5.74) is 2.60. The number of carbonyl (C=O) groups excluding carboxylic acids is 2. The molecule has 132 valence electrons. The standard InChI is InChI=1S/C20H18N2O4/c1-13-6-2-5-9-18(13)25-12-15-10-14(21-26-15)11-22-19(23)16-7-3-4-8-17(16)20(22)24/h2-9,15H,10-12H2,1H3. The van der Waals surface area contributed by atoms with Crippen molar-refractivity contribution in [2.45, 2.75) is 19.4 Å². The van der Waals surface area contributed by atoms with E-state index in [-0.39, 0.29) is 24.5 Å². The Balaban J connectivity index is 1.35. The van der Waals surface area contributed by atoms with Crippen molar-refractivity contribution >= 4 is 17.5 Å². The molecule has 0 bridgehead atoms. The van der Waals surface area contributed by atoms with E-state index in [0.29, 0.717) is 29.9 Å². The number of oxime groups is 1. The lowest BCUT2D eigenvalue weighted by Gasteiger charge is -2.14. The minimum absolute atomic E-state index is 0.146. The lowest BCUT2D eigenvalue weighted by Crippen LogP contribution is -2.35. The Kier molecular flexibility index (Phi) is 4.16. The molecule has 2 heterocycles. The number of para-hydroxylation sites is 1. The molecule has 0 N–H and O–H groups in total. The van der Waals surface area contributed by atoms with Crippen LogP contribution in [0.4, 0.5) is 0 Å². The highest BCUT2D eigenvalue weighted by atomic mass is 16.7. The molecule has 2 aliphatic heterocycles. The number of hydrogen-bond donors (Lipinski definition) is 0. The number of rotatable bonds is 5. The lowest BCUT2D eigenvalue weighted by molar-refractivity contribution is 0.0469. The molecule has 0 saturated heterocycles. The van der Waals surface area contributed by atoms with Gasteiger partial charge in [-0.1, -0.05) is 35.5 Å². The van der Waals surface area contributed by atoms with Crippen molar-refractivity contribution in [1.29, 1.82) is 0 Å². The largest absolute Gasteiger partial charge is 0.489 e. The Morgan fingerprint density at radius 3 is 2.42 bits per heavy atom. The van der Waals surface area contributed by atoms with Gasteiger partial charge in [-0.15, -0.1) is 0 Å². The highest BCUT2D eigenvalue weighted by molar-refractivity contribution is 6.22. The zero-order valence-corrected chi connectivity index (χ0v) is 14.3. The number of imide groups is 1. The zero-order chi connectivity index (χ0) is 18.1. The summed E-state index contributed by atoms with van der Waals surface area (Å²) in [7, 11) is 0. The first kappa shape index (κ1) is 16.3. The highest BCUT2D eigenvalue weighted by Crippen LogP contribution is 2.24. The number of benzene rings is 2. The summed E-state index contributed by atoms with van der Waals surface area (Å²) in [4.78, 5) is 31.4. The molecule has 2 aromatic rings. The minimum atomic E-state index is -0.284. The summed E-state index contributed by atoms with van der Waals surface area (Å²) in [6.45, 7) is 2.49. The zero-order valence-electron chi connectivity index (χ0n) is 14.3. The van der Waals surface area contributed by atoms with E-state index in [2.05, 4.69) is 5.16 Å². The topological polar surface area (TPSA) is 68.2 Å². The van der Waals surface area contributed by atoms with E-state index in [9.17, 15) is 9.59 Å². The van der Waals surface area contributed by atoms with Crippen molar-refractivity contribution in [2.75, 3.05) is 13.2 Å². The molecular weight excluding hydrogens is 332 g/mol. The van der Waals surface area contributed by atoms with Gasteiger partial charge < -0.3 is 9.57 Å². The molecule has 1 atom stereocenters. The number of nitrogens with zero attached hydrogens (tertiary/aromatic N) is 2. The molecule has 26 heavy (non-hydrogen) atoms. The van der Waals surface area contributed by atoms with E-state index in [1.54, 1.807) is 24.3 Å². The van der Waals surface area contributed by atoms with E-state index in [1.807, 2.05) is 31.2 Å². The van der Waals surface area contributed by atoms with Crippen LogP contribution >= 0.6 is 0 Å². The molecule has 0 aliphatic carbocycles. The van der Waals surface area contributed by atoms with Gasteiger partial charge in [0.1, 0.15) is 12.4 Å². The predicted molar refractivity (Wildman–Crippen MR) is 95.4 cm³/mol. The van der Waals surface area contributed by atoms with E-state index in [0.717, 1.165) is 11.3 Å². The predicted octanol–water partition coefficient (Wildman–Crippen LogP) is 2.81. The first-order chi connectivity index (χ1) is 12.6.